The van der Waals surface area contributed by atoms with E-state index in [4.69, 9.17) is 4.74 Å². The van der Waals surface area contributed by atoms with E-state index < -0.39 is 10.4 Å². The molecule has 0 bridgehead atoms. The van der Waals surface area contributed by atoms with Crippen molar-refractivity contribution in [2.45, 2.75) is 4.90 Å². The molecule has 0 radical (unpaired) electrons. The Morgan fingerprint density at radius 1 is 1.17 bits per heavy atom. The van der Waals surface area contributed by atoms with E-state index in [1.807, 2.05) is 0 Å². The summed E-state index contributed by atoms with van der Waals surface area (Å²) in [6.07, 6.45) is 3.10. The highest BCUT2D eigenvalue weighted by Crippen LogP contribution is 2.30. The van der Waals surface area contributed by atoms with Crippen LogP contribution in [0.5, 0.6) is 5.75 Å². The van der Waals surface area contributed by atoms with E-state index in [1.165, 1.54) is 12.3 Å². The van der Waals surface area contributed by atoms with E-state index in [2.05, 4.69) is 9.38 Å². The third-order valence-electron chi connectivity index (χ3n) is 2.45. The number of ether oxygens (including phenoxy) is 1. The maximum atomic E-state index is 11.8. The normalized spacial score (nSPS) is 21.3. The summed E-state index contributed by atoms with van der Waals surface area (Å²) in [5, 5.41) is 0. The Hall–Kier alpha value is -2.05. The number of hydrogen-bond acceptors (Lipinski definition) is 4. The van der Waals surface area contributed by atoms with E-state index in [0.29, 0.717) is 11.3 Å². The zero-order valence-electron chi connectivity index (χ0n) is 9.15. The minimum atomic E-state index is -3.63. The van der Waals surface area contributed by atoms with E-state index in [9.17, 15) is 8.76 Å². The van der Waals surface area contributed by atoms with Crippen LogP contribution in [-0.4, -0.2) is 15.4 Å². The molecular weight excluding hydrogens is 252 g/mol. The summed E-state index contributed by atoms with van der Waals surface area (Å²) in [4.78, 5) is 4.06. The van der Waals surface area contributed by atoms with Gasteiger partial charge in [0.05, 0.1) is 11.8 Å². The van der Waals surface area contributed by atoms with Gasteiger partial charge in [-0.3, -0.25) is 4.98 Å². The van der Waals surface area contributed by atoms with Gasteiger partial charge in [-0.1, -0.05) is 16.3 Å². The van der Waals surface area contributed by atoms with Gasteiger partial charge in [-0.25, -0.2) is 0 Å². The van der Waals surface area contributed by atoms with Crippen LogP contribution in [0.15, 0.2) is 58.1 Å². The summed E-state index contributed by atoms with van der Waals surface area (Å²) in [5.41, 5.74) is 0.473. The fourth-order valence-corrected chi connectivity index (χ4v) is 2.80. The van der Waals surface area contributed by atoms with Crippen molar-refractivity contribution in [1.29, 1.82) is 0 Å². The molecule has 3 rings (SSSR count). The highest BCUT2D eigenvalue weighted by Gasteiger charge is 2.35. The number of fused-ring (bicyclic) bond motifs is 1. The van der Waals surface area contributed by atoms with Crippen LogP contribution in [0.3, 0.4) is 0 Å². The van der Waals surface area contributed by atoms with Gasteiger partial charge in [0.2, 0.25) is 10.4 Å². The van der Waals surface area contributed by atoms with E-state index >= 15 is 0 Å². The first-order valence-electron chi connectivity index (χ1n) is 5.19. The molecule has 1 aliphatic heterocycles. The van der Waals surface area contributed by atoms with Crippen molar-refractivity contribution in [1.82, 2.24) is 4.98 Å². The number of rotatable bonds is 1. The van der Waals surface area contributed by atoms with Gasteiger partial charge in [-0.2, -0.15) is 0 Å². The molecule has 5 nitrogen and oxygen atoms in total. The van der Waals surface area contributed by atoms with Crippen LogP contribution in [0.2, 0.25) is 0 Å². The van der Waals surface area contributed by atoms with Crippen LogP contribution in [0, 0.1) is 0 Å². The first-order valence-corrected chi connectivity index (χ1v) is 6.63. The Balaban J connectivity index is 2.02. The second-order valence-corrected chi connectivity index (χ2v) is 5.23. The van der Waals surface area contributed by atoms with Gasteiger partial charge in [0, 0.05) is 6.20 Å². The van der Waals surface area contributed by atoms with Crippen LogP contribution in [-0.2, 0) is 14.6 Å². The summed E-state index contributed by atoms with van der Waals surface area (Å²) in [6.45, 7) is 0. The SMILES string of the molecule is O=[S+]1([O-])N=C(Oc2cccnc2)c2ccccc21. The second-order valence-electron chi connectivity index (χ2n) is 3.66. The van der Waals surface area contributed by atoms with Gasteiger partial charge in [0.15, 0.2) is 4.90 Å². The van der Waals surface area contributed by atoms with Gasteiger partial charge < -0.3 is 9.29 Å². The van der Waals surface area contributed by atoms with Crippen molar-refractivity contribution in [3.05, 3.63) is 54.4 Å². The van der Waals surface area contributed by atoms with Crippen LogP contribution in [0.4, 0.5) is 0 Å². The highest BCUT2D eigenvalue weighted by molar-refractivity contribution is 7.97. The Morgan fingerprint density at radius 3 is 2.78 bits per heavy atom. The fourth-order valence-electron chi connectivity index (χ4n) is 1.67. The molecule has 0 fully saturated rings. The minimum Gasteiger partial charge on any atom is -0.586 e. The Kier molecular flexibility index (Phi) is 2.46. The summed E-state index contributed by atoms with van der Waals surface area (Å²) < 4.78 is 32.6. The molecule has 1 atom stereocenters. The second kappa shape index (κ2) is 4.01. The summed E-state index contributed by atoms with van der Waals surface area (Å²) >= 11 is 0. The molecule has 0 saturated heterocycles. The molecule has 0 saturated carbocycles. The molecule has 2 heterocycles. The van der Waals surface area contributed by atoms with Crippen LogP contribution < -0.4 is 4.74 Å². The first kappa shape index (κ1) is 11.1. The lowest BCUT2D eigenvalue weighted by molar-refractivity contribution is 0.480. The number of nitrogens with zero attached hydrogens (tertiary/aromatic N) is 2. The average Bonchev–Trinajstić information content (AvgIpc) is 2.63. The van der Waals surface area contributed by atoms with Gasteiger partial charge in [-0.15, -0.1) is 0 Å². The van der Waals surface area contributed by atoms with Crippen LogP contribution >= 0.6 is 0 Å². The standard InChI is InChI=1S/C12H8N2O3S/c15-18(16)11-6-2-1-5-10(11)12(14-18)17-9-4-3-7-13-8-9/h1-8H. The molecule has 18 heavy (non-hydrogen) atoms. The van der Waals surface area contributed by atoms with Crippen LogP contribution in [0.1, 0.15) is 5.56 Å². The van der Waals surface area contributed by atoms with Gasteiger partial charge in [-0.05, 0) is 28.7 Å². The predicted octanol–water partition coefficient (Wildman–Crippen LogP) is 1.82. The molecular formula is C12H8N2O3S. The number of benzene rings is 1. The summed E-state index contributed by atoms with van der Waals surface area (Å²) in [7, 11) is -3.63. The quantitative estimate of drug-likeness (QED) is 0.733. The van der Waals surface area contributed by atoms with Crippen molar-refractivity contribution in [2.24, 2.45) is 4.40 Å². The zero-order chi connectivity index (χ0) is 12.6. The van der Waals surface area contributed by atoms with Gasteiger partial charge >= 0.3 is 0 Å². The molecule has 90 valence electrons. The molecule has 1 aromatic heterocycles. The minimum absolute atomic E-state index is 0.0820. The summed E-state index contributed by atoms with van der Waals surface area (Å²) in [5.74, 6) is 0.529. The topological polar surface area (TPSA) is 74.6 Å². The highest BCUT2D eigenvalue weighted by atomic mass is 32.3. The maximum Gasteiger partial charge on any atom is 0.280 e. The molecule has 1 aliphatic rings. The number of hydrogen-bond donors (Lipinski definition) is 0. The molecule has 2 aromatic rings. The fraction of sp³-hybridized carbons (Fsp3) is 0. The zero-order valence-corrected chi connectivity index (χ0v) is 9.96. The van der Waals surface area contributed by atoms with Crippen molar-refractivity contribution >= 4 is 16.3 Å². The molecule has 0 aliphatic carbocycles. The van der Waals surface area contributed by atoms with Crippen molar-refractivity contribution < 1.29 is 13.5 Å². The van der Waals surface area contributed by atoms with Gasteiger partial charge in [0.1, 0.15) is 5.75 Å². The Bertz CT molecular complexity index is 670. The van der Waals surface area contributed by atoms with E-state index in [1.54, 1.807) is 36.5 Å². The third-order valence-corrected chi connectivity index (χ3v) is 3.77. The number of pyridine rings is 1. The molecule has 1 aromatic carbocycles. The Labute approximate surface area is 105 Å². The molecule has 0 amide bonds. The van der Waals surface area contributed by atoms with Crippen molar-refractivity contribution in [2.75, 3.05) is 0 Å². The maximum absolute atomic E-state index is 11.8. The number of aromatic nitrogens is 1. The van der Waals surface area contributed by atoms with E-state index in [0.717, 1.165) is 0 Å². The lowest BCUT2D eigenvalue weighted by Gasteiger charge is -2.02. The molecule has 0 spiro atoms. The molecule has 0 N–H and O–H groups in total. The Morgan fingerprint density at radius 2 is 2.00 bits per heavy atom. The van der Waals surface area contributed by atoms with Crippen molar-refractivity contribution in [3.63, 3.8) is 0 Å². The van der Waals surface area contributed by atoms with Crippen LogP contribution in [0.25, 0.3) is 0 Å². The smallest absolute Gasteiger partial charge is 0.280 e. The van der Waals surface area contributed by atoms with Gasteiger partial charge in [0.25, 0.3) is 5.90 Å². The third kappa shape index (κ3) is 1.81. The molecule has 1 unspecified atom stereocenters. The summed E-state index contributed by atoms with van der Waals surface area (Å²) in [6, 6.07) is 9.94. The lowest BCUT2D eigenvalue weighted by atomic mass is 10.2. The largest absolute Gasteiger partial charge is 0.586 e. The monoisotopic (exact) mass is 260 g/mol. The predicted molar refractivity (Wildman–Crippen MR) is 64.9 cm³/mol. The molecule has 6 heteroatoms. The lowest BCUT2D eigenvalue weighted by Crippen LogP contribution is -2.07. The average molecular weight is 260 g/mol. The first-order chi connectivity index (χ1) is 8.67. The number of sulfonamides is 1. The van der Waals surface area contributed by atoms with Crippen molar-refractivity contribution in [3.8, 4) is 5.75 Å². The van der Waals surface area contributed by atoms with E-state index in [-0.39, 0.29) is 10.8 Å².